The number of nitrogens with one attached hydrogen (secondary N) is 1. The third kappa shape index (κ3) is 4.31. The van der Waals surface area contributed by atoms with Crippen molar-refractivity contribution in [2.24, 2.45) is 0 Å². The molecule has 130 valence electrons. The molecule has 0 bridgehead atoms. The third-order valence-corrected chi connectivity index (χ3v) is 4.44. The summed E-state index contributed by atoms with van der Waals surface area (Å²) in [4.78, 5) is 25.7. The first-order valence-electron chi connectivity index (χ1n) is 8.12. The molecule has 1 saturated heterocycles. The smallest absolute Gasteiger partial charge is 0.262 e. The number of hydrogen-bond acceptors (Lipinski definition) is 3. The predicted octanol–water partition coefficient (Wildman–Crippen LogP) is 3.79. The molecule has 2 amide bonds. The van der Waals surface area contributed by atoms with Crippen molar-refractivity contribution in [3.63, 3.8) is 0 Å². The van der Waals surface area contributed by atoms with Crippen LogP contribution in [0.3, 0.4) is 0 Å². The lowest BCUT2D eigenvalue weighted by Gasteiger charge is -2.16. The zero-order valence-corrected chi connectivity index (χ0v) is 14.7. The molecule has 0 atom stereocenters. The summed E-state index contributed by atoms with van der Waals surface area (Å²) >= 11 is 5.97. The highest BCUT2D eigenvalue weighted by Gasteiger charge is 2.21. The fraction of sp³-hybridized carbons (Fsp3) is 0.263. The molecule has 1 N–H and O–H groups in total. The van der Waals surface area contributed by atoms with E-state index in [9.17, 15) is 9.59 Å². The highest BCUT2D eigenvalue weighted by molar-refractivity contribution is 6.31. The van der Waals surface area contributed by atoms with Crippen LogP contribution < -0.4 is 15.0 Å². The molecule has 25 heavy (non-hydrogen) atoms. The maximum absolute atomic E-state index is 12.1. The van der Waals surface area contributed by atoms with Crippen molar-refractivity contribution < 1.29 is 14.3 Å². The Balaban J connectivity index is 1.59. The number of carbonyl (C=O) groups is 2. The number of rotatable bonds is 5. The van der Waals surface area contributed by atoms with Crippen LogP contribution in [-0.4, -0.2) is 25.0 Å². The molecular weight excluding hydrogens is 340 g/mol. The zero-order valence-electron chi connectivity index (χ0n) is 13.9. The van der Waals surface area contributed by atoms with Gasteiger partial charge in [0.1, 0.15) is 5.75 Å². The van der Waals surface area contributed by atoms with Gasteiger partial charge < -0.3 is 15.0 Å². The van der Waals surface area contributed by atoms with Crippen molar-refractivity contribution in [3.05, 3.63) is 53.1 Å². The van der Waals surface area contributed by atoms with E-state index in [0.29, 0.717) is 22.9 Å². The summed E-state index contributed by atoms with van der Waals surface area (Å²) in [5, 5.41) is 3.45. The van der Waals surface area contributed by atoms with Gasteiger partial charge in [-0.2, -0.15) is 0 Å². The summed E-state index contributed by atoms with van der Waals surface area (Å²) in [6.45, 7) is 2.49. The van der Waals surface area contributed by atoms with Crippen LogP contribution in [0, 0.1) is 6.92 Å². The Morgan fingerprint density at radius 2 is 2.12 bits per heavy atom. The van der Waals surface area contributed by atoms with E-state index in [2.05, 4.69) is 5.32 Å². The Bertz CT molecular complexity index is 807. The van der Waals surface area contributed by atoms with Gasteiger partial charge >= 0.3 is 0 Å². The second-order valence-electron chi connectivity index (χ2n) is 5.95. The maximum atomic E-state index is 12.1. The fourth-order valence-electron chi connectivity index (χ4n) is 2.73. The molecule has 0 radical (unpaired) electrons. The summed E-state index contributed by atoms with van der Waals surface area (Å²) in [5.74, 6) is 0.441. The first-order valence-corrected chi connectivity index (χ1v) is 8.50. The predicted molar refractivity (Wildman–Crippen MR) is 98.3 cm³/mol. The summed E-state index contributed by atoms with van der Waals surface area (Å²) < 4.78 is 5.49. The number of aryl methyl sites for hydroxylation is 1. The van der Waals surface area contributed by atoms with Crippen molar-refractivity contribution >= 4 is 34.8 Å². The van der Waals surface area contributed by atoms with Gasteiger partial charge in [0, 0.05) is 29.4 Å². The molecule has 1 aliphatic rings. The quantitative estimate of drug-likeness (QED) is 0.884. The van der Waals surface area contributed by atoms with Gasteiger partial charge in [0.2, 0.25) is 5.91 Å². The van der Waals surface area contributed by atoms with Crippen LogP contribution in [0.25, 0.3) is 0 Å². The minimum atomic E-state index is -0.266. The first-order chi connectivity index (χ1) is 12.0. The number of amides is 2. The van der Waals surface area contributed by atoms with Crippen LogP contribution in [0.1, 0.15) is 18.4 Å². The van der Waals surface area contributed by atoms with E-state index in [1.807, 2.05) is 19.1 Å². The summed E-state index contributed by atoms with van der Waals surface area (Å²) in [5.41, 5.74) is 2.33. The van der Waals surface area contributed by atoms with Crippen LogP contribution >= 0.6 is 11.6 Å². The topological polar surface area (TPSA) is 58.6 Å². The van der Waals surface area contributed by atoms with Gasteiger partial charge in [0.15, 0.2) is 6.61 Å². The Morgan fingerprint density at radius 3 is 2.84 bits per heavy atom. The Hall–Kier alpha value is -2.53. The van der Waals surface area contributed by atoms with Gasteiger partial charge in [-0.1, -0.05) is 17.7 Å². The highest BCUT2D eigenvalue weighted by atomic mass is 35.5. The van der Waals surface area contributed by atoms with E-state index in [4.69, 9.17) is 16.3 Å². The minimum absolute atomic E-state index is 0.103. The lowest BCUT2D eigenvalue weighted by Crippen LogP contribution is -2.24. The molecular formula is C19H19ClN2O3. The number of anilines is 2. The van der Waals surface area contributed by atoms with E-state index in [1.165, 1.54) is 0 Å². The van der Waals surface area contributed by atoms with E-state index >= 15 is 0 Å². The normalized spacial score (nSPS) is 13.8. The van der Waals surface area contributed by atoms with Gasteiger partial charge in [-0.3, -0.25) is 9.59 Å². The molecule has 1 aliphatic heterocycles. The molecule has 2 aromatic carbocycles. The SMILES string of the molecule is Cc1cc(OCC(=O)Nc2cccc(N3CCCC3=O)c2)ccc1Cl. The summed E-state index contributed by atoms with van der Waals surface area (Å²) in [7, 11) is 0. The molecule has 0 saturated carbocycles. The average Bonchev–Trinajstić information content (AvgIpc) is 3.02. The lowest BCUT2D eigenvalue weighted by atomic mass is 10.2. The number of benzene rings is 2. The maximum Gasteiger partial charge on any atom is 0.262 e. The van der Waals surface area contributed by atoms with Crippen molar-refractivity contribution in [1.29, 1.82) is 0 Å². The van der Waals surface area contributed by atoms with Crippen molar-refractivity contribution in [2.45, 2.75) is 19.8 Å². The van der Waals surface area contributed by atoms with Crippen LogP contribution in [0.2, 0.25) is 5.02 Å². The molecule has 0 aromatic heterocycles. The minimum Gasteiger partial charge on any atom is -0.484 e. The van der Waals surface area contributed by atoms with Crippen LogP contribution in [0.15, 0.2) is 42.5 Å². The van der Waals surface area contributed by atoms with Crippen LogP contribution in [0.4, 0.5) is 11.4 Å². The molecule has 6 heteroatoms. The number of carbonyl (C=O) groups excluding carboxylic acids is 2. The summed E-state index contributed by atoms with van der Waals surface area (Å²) in [6, 6.07) is 12.5. The third-order valence-electron chi connectivity index (χ3n) is 4.01. The number of ether oxygens (including phenoxy) is 1. The molecule has 3 rings (SSSR count). The van der Waals surface area contributed by atoms with E-state index in [-0.39, 0.29) is 18.4 Å². The number of hydrogen-bond donors (Lipinski definition) is 1. The van der Waals surface area contributed by atoms with Gasteiger partial charge in [0.05, 0.1) is 0 Å². The van der Waals surface area contributed by atoms with E-state index < -0.39 is 0 Å². The first kappa shape index (κ1) is 17.3. The molecule has 0 spiro atoms. The Labute approximate surface area is 151 Å². The molecule has 0 unspecified atom stereocenters. The highest BCUT2D eigenvalue weighted by Crippen LogP contribution is 2.24. The molecule has 1 fully saturated rings. The van der Waals surface area contributed by atoms with E-state index in [1.54, 1.807) is 35.2 Å². The molecule has 2 aromatic rings. The van der Waals surface area contributed by atoms with Gasteiger partial charge in [-0.15, -0.1) is 0 Å². The van der Waals surface area contributed by atoms with Crippen LogP contribution in [-0.2, 0) is 9.59 Å². The van der Waals surface area contributed by atoms with Crippen molar-refractivity contribution in [2.75, 3.05) is 23.4 Å². The van der Waals surface area contributed by atoms with Crippen molar-refractivity contribution in [1.82, 2.24) is 0 Å². The molecule has 1 heterocycles. The largest absolute Gasteiger partial charge is 0.484 e. The molecule has 0 aliphatic carbocycles. The standard InChI is InChI=1S/C19H19ClN2O3/c1-13-10-16(7-8-17(13)20)25-12-18(23)21-14-4-2-5-15(11-14)22-9-3-6-19(22)24/h2,4-5,7-8,10-11H,3,6,9,12H2,1H3,(H,21,23). The van der Waals surface area contributed by atoms with Gasteiger partial charge in [-0.25, -0.2) is 0 Å². The number of halogens is 1. The van der Waals surface area contributed by atoms with Crippen LogP contribution in [0.5, 0.6) is 5.75 Å². The fourth-order valence-corrected chi connectivity index (χ4v) is 2.84. The Morgan fingerprint density at radius 1 is 1.28 bits per heavy atom. The molecule has 5 nitrogen and oxygen atoms in total. The number of nitrogens with zero attached hydrogens (tertiary/aromatic N) is 1. The monoisotopic (exact) mass is 358 g/mol. The Kier molecular flexibility index (Phi) is 5.24. The zero-order chi connectivity index (χ0) is 17.8. The van der Waals surface area contributed by atoms with Crippen molar-refractivity contribution in [3.8, 4) is 5.75 Å². The summed E-state index contributed by atoms with van der Waals surface area (Å²) in [6.07, 6.45) is 1.44. The lowest BCUT2D eigenvalue weighted by molar-refractivity contribution is -0.118. The van der Waals surface area contributed by atoms with Gasteiger partial charge in [0.25, 0.3) is 5.91 Å². The second-order valence-corrected chi connectivity index (χ2v) is 6.35. The van der Waals surface area contributed by atoms with Gasteiger partial charge in [-0.05, 0) is 55.3 Å². The average molecular weight is 359 g/mol. The second kappa shape index (κ2) is 7.57. The van der Waals surface area contributed by atoms with E-state index in [0.717, 1.165) is 24.2 Å².